The first-order valence-electron chi connectivity index (χ1n) is 16.5. The van der Waals surface area contributed by atoms with Crippen molar-refractivity contribution in [1.82, 2.24) is 25.0 Å². The molecule has 5 rings (SSSR count). The number of halogens is 1. The molecule has 0 spiro atoms. The molecule has 3 aliphatic rings. The summed E-state index contributed by atoms with van der Waals surface area (Å²) in [6.07, 6.45) is -0.699. The molecule has 4 heterocycles. The van der Waals surface area contributed by atoms with Crippen LogP contribution in [0.4, 0.5) is 14.9 Å². The fourth-order valence-electron chi connectivity index (χ4n) is 6.83. The highest BCUT2D eigenvalue weighted by Gasteiger charge is 2.40. The Morgan fingerprint density at radius 2 is 1.73 bits per heavy atom. The number of carbonyl (C=O) groups excluding carboxylic acids is 2. The van der Waals surface area contributed by atoms with Gasteiger partial charge in [0.1, 0.15) is 23.8 Å². The van der Waals surface area contributed by atoms with E-state index in [0.717, 1.165) is 5.56 Å². The number of fused-ring (bicyclic) bond motifs is 1. The number of nitrogens with zero attached hydrogens (tertiary/aromatic N) is 5. The van der Waals surface area contributed by atoms with E-state index in [9.17, 15) is 23.9 Å². The molecule has 2 aromatic rings. The standard InChI is InChI=1S/C34H47FN6O7/c1-21-14-38(28(16-40(21)34(44)45)15-39-22(2)18-47-19-23(39)3)17-30(42)41-24(4)20-48-33-29(41)13-26(12-25-6-8-27(35)9-7-25)31(37-33)32(43)36-10-11-46-5/h6-9,13,21-24,28H,10-12,14-20H2,1-5H3,(H,36,43)(H,44,45)/t21-,22-,23-,24?,28+/m1/s1. The van der Waals surface area contributed by atoms with Crippen LogP contribution in [0.25, 0.3) is 0 Å². The molecule has 0 saturated carbocycles. The Morgan fingerprint density at radius 3 is 2.40 bits per heavy atom. The molecular weight excluding hydrogens is 623 g/mol. The highest BCUT2D eigenvalue weighted by atomic mass is 19.1. The van der Waals surface area contributed by atoms with Gasteiger partial charge in [-0.2, -0.15) is 0 Å². The van der Waals surface area contributed by atoms with Crippen molar-refractivity contribution < 1.29 is 38.1 Å². The number of aromatic nitrogens is 1. The molecule has 14 heteroatoms. The molecule has 2 saturated heterocycles. The lowest BCUT2D eigenvalue weighted by molar-refractivity contribution is -0.122. The number of ether oxygens (including phenoxy) is 3. The van der Waals surface area contributed by atoms with E-state index in [1.54, 1.807) is 30.2 Å². The van der Waals surface area contributed by atoms with Crippen LogP contribution in [0.1, 0.15) is 49.3 Å². The van der Waals surface area contributed by atoms with Crippen LogP contribution in [0.3, 0.4) is 0 Å². The monoisotopic (exact) mass is 670 g/mol. The van der Waals surface area contributed by atoms with E-state index in [0.29, 0.717) is 44.2 Å². The average molecular weight is 671 g/mol. The molecule has 0 bridgehead atoms. The van der Waals surface area contributed by atoms with Gasteiger partial charge in [-0.15, -0.1) is 0 Å². The van der Waals surface area contributed by atoms with E-state index < -0.39 is 12.0 Å². The van der Waals surface area contributed by atoms with E-state index in [-0.39, 0.29) is 86.2 Å². The zero-order valence-electron chi connectivity index (χ0n) is 28.4. The average Bonchev–Trinajstić information content (AvgIpc) is 3.04. The number of anilines is 1. The Balaban J connectivity index is 1.44. The summed E-state index contributed by atoms with van der Waals surface area (Å²) in [5.41, 5.74) is 1.94. The number of pyridine rings is 1. The first-order chi connectivity index (χ1) is 23.0. The lowest BCUT2D eigenvalue weighted by atomic mass is 10.0. The summed E-state index contributed by atoms with van der Waals surface area (Å²) in [4.78, 5) is 51.9. The van der Waals surface area contributed by atoms with Crippen LogP contribution in [0.15, 0.2) is 30.3 Å². The van der Waals surface area contributed by atoms with Crippen LogP contribution in [-0.2, 0) is 20.7 Å². The molecule has 0 radical (unpaired) electrons. The summed E-state index contributed by atoms with van der Waals surface area (Å²) in [5.74, 6) is -0.777. The van der Waals surface area contributed by atoms with Crippen molar-refractivity contribution >= 4 is 23.6 Å². The van der Waals surface area contributed by atoms with Crippen LogP contribution in [0, 0.1) is 5.82 Å². The van der Waals surface area contributed by atoms with Crippen molar-refractivity contribution in [3.05, 3.63) is 53.0 Å². The molecule has 1 aromatic heterocycles. The van der Waals surface area contributed by atoms with Crippen LogP contribution >= 0.6 is 0 Å². The number of piperazine rings is 1. The first kappa shape index (κ1) is 35.5. The van der Waals surface area contributed by atoms with Gasteiger partial charge >= 0.3 is 6.09 Å². The zero-order chi connectivity index (χ0) is 34.5. The van der Waals surface area contributed by atoms with Gasteiger partial charge in [0.15, 0.2) is 0 Å². The first-order valence-corrected chi connectivity index (χ1v) is 16.5. The summed E-state index contributed by atoms with van der Waals surface area (Å²) in [7, 11) is 1.54. The second-order valence-corrected chi connectivity index (χ2v) is 13.1. The van der Waals surface area contributed by atoms with Gasteiger partial charge in [0, 0.05) is 57.5 Å². The van der Waals surface area contributed by atoms with Gasteiger partial charge in [-0.3, -0.25) is 19.4 Å². The van der Waals surface area contributed by atoms with Crippen molar-refractivity contribution in [2.45, 2.75) is 64.3 Å². The SMILES string of the molecule is COCCNC(=O)c1nc2c(cc1Cc1ccc(F)cc1)N(C(=O)CN1C[C@@H](C)N(C(=O)O)C[C@@H]1CN1[C@H](C)COC[C@H]1C)C(C)CO2. The van der Waals surface area contributed by atoms with Gasteiger partial charge < -0.3 is 34.4 Å². The third-order valence-electron chi connectivity index (χ3n) is 9.40. The number of nitrogens with one attached hydrogen (secondary N) is 1. The molecule has 3 amide bonds. The third-order valence-corrected chi connectivity index (χ3v) is 9.40. The fraction of sp³-hybridized carbons (Fsp3) is 0.588. The quantitative estimate of drug-likeness (QED) is 0.363. The number of rotatable bonds is 10. The highest BCUT2D eigenvalue weighted by molar-refractivity contribution is 5.99. The Labute approximate surface area is 280 Å². The highest BCUT2D eigenvalue weighted by Crippen LogP contribution is 2.35. The number of hydrogen-bond acceptors (Lipinski definition) is 9. The molecule has 13 nitrogen and oxygen atoms in total. The maximum absolute atomic E-state index is 14.3. The Kier molecular flexibility index (Phi) is 11.5. The number of carboxylic acid groups (broad SMARTS) is 1. The van der Waals surface area contributed by atoms with E-state index in [2.05, 4.69) is 33.9 Å². The number of amides is 3. The van der Waals surface area contributed by atoms with Crippen LogP contribution < -0.4 is 15.0 Å². The van der Waals surface area contributed by atoms with E-state index >= 15 is 0 Å². The largest absolute Gasteiger partial charge is 0.474 e. The van der Waals surface area contributed by atoms with Crippen LogP contribution in [0.5, 0.6) is 5.88 Å². The van der Waals surface area contributed by atoms with Crippen molar-refractivity contribution in [3.8, 4) is 5.88 Å². The van der Waals surface area contributed by atoms with Gasteiger partial charge in [0.05, 0.1) is 32.4 Å². The van der Waals surface area contributed by atoms with Crippen molar-refractivity contribution in [2.24, 2.45) is 0 Å². The molecule has 3 aliphatic heterocycles. The fourth-order valence-corrected chi connectivity index (χ4v) is 6.83. The summed E-state index contributed by atoms with van der Waals surface area (Å²) in [6.45, 7) is 11.3. The van der Waals surface area contributed by atoms with E-state index in [1.807, 2.05) is 13.8 Å². The van der Waals surface area contributed by atoms with Gasteiger partial charge in [0.2, 0.25) is 11.8 Å². The Morgan fingerprint density at radius 1 is 1.02 bits per heavy atom. The lowest BCUT2D eigenvalue weighted by Gasteiger charge is -2.48. The lowest BCUT2D eigenvalue weighted by Crippen LogP contribution is -2.65. The number of hydrogen-bond donors (Lipinski definition) is 2. The van der Waals surface area contributed by atoms with Gasteiger partial charge in [-0.05, 0) is 63.4 Å². The van der Waals surface area contributed by atoms with Crippen LogP contribution in [0.2, 0.25) is 0 Å². The number of morpholine rings is 1. The zero-order valence-corrected chi connectivity index (χ0v) is 28.4. The molecule has 2 N–H and O–H groups in total. The second kappa shape index (κ2) is 15.6. The third kappa shape index (κ3) is 8.05. The predicted molar refractivity (Wildman–Crippen MR) is 176 cm³/mol. The Hall–Kier alpha value is -3.85. The normalized spacial score (nSPS) is 24.9. The summed E-state index contributed by atoms with van der Waals surface area (Å²) in [6, 6.07) is 7.25. The maximum Gasteiger partial charge on any atom is 0.407 e. The van der Waals surface area contributed by atoms with E-state index in [4.69, 9.17) is 14.2 Å². The second-order valence-electron chi connectivity index (χ2n) is 13.1. The van der Waals surface area contributed by atoms with Crippen molar-refractivity contribution in [3.63, 3.8) is 0 Å². The number of methoxy groups -OCH3 is 1. The number of benzene rings is 1. The molecule has 48 heavy (non-hydrogen) atoms. The smallest absolute Gasteiger partial charge is 0.407 e. The predicted octanol–water partition coefficient (Wildman–Crippen LogP) is 2.46. The summed E-state index contributed by atoms with van der Waals surface area (Å²) < 4.78 is 30.5. The topological polar surface area (TPSA) is 137 Å². The molecule has 1 unspecified atom stereocenters. The molecule has 5 atom stereocenters. The molecule has 2 fully saturated rings. The molecule has 0 aliphatic carbocycles. The number of carbonyl (C=O) groups is 3. The molecule has 262 valence electrons. The summed E-state index contributed by atoms with van der Waals surface area (Å²) >= 11 is 0. The van der Waals surface area contributed by atoms with E-state index in [1.165, 1.54) is 17.0 Å². The molecule has 1 aromatic carbocycles. The minimum absolute atomic E-state index is 0.0614. The van der Waals surface area contributed by atoms with Crippen molar-refractivity contribution in [1.29, 1.82) is 0 Å². The van der Waals surface area contributed by atoms with Crippen LogP contribution in [-0.4, -0.2) is 139 Å². The Bertz CT molecular complexity index is 1450. The van der Waals surface area contributed by atoms with Gasteiger partial charge in [-0.25, -0.2) is 14.2 Å². The van der Waals surface area contributed by atoms with Gasteiger partial charge in [-0.1, -0.05) is 12.1 Å². The summed E-state index contributed by atoms with van der Waals surface area (Å²) in [5, 5.41) is 12.8. The van der Waals surface area contributed by atoms with Crippen molar-refractivity contribution in [2.75, 3.05) is 71.2 Å². The minimum Gasteiger partial charge on any atom is -0.474 e. The maximum atomic E-state index is 14.3. The van der Waals surface area contributed by atoms with Gasteiger partial charge in [0.25, 0.3) is 5.91 Å². The molecular formula is C34H47FN6O7. The minimum atomic E-state index is -0.973.